The van der Waals surface area contributed by atoms with E-state index in [0.29, 0.717) is 6.29 Å². The van der Waals surface area contributed by atoms with E-state index in [9.17, 15) is 4.79 Å². The zero-order valence-electron chi connectivity index (χ0n) is 5.23. The second-order valence-corrected chi connectivity index (χ2v) is 2.06. The van der Waals surface area contributed by atoms with Crippen molar-refractivity contribution in [1.82, 2.24) is 0 Å². The molecule has 0 unspecified atom stereocenters. The van der Waals surface area contributed by atoms with Gasteiger partial charge in [0.25, 0.3) is 0 Å². The van der Waals surface area contributed by atoms with Gasteiger partial charge in [-0.1, -0.05) is 0 Å². The van der Waals surface area contributed by atoms with Gasteiger partial charge in [0.05, 0.1) is 0 Å². The van der Waals surface area contributed by atoms with Crippen LogP contribution in [-0.2, 0) is 9.53 Å². The van der Waals surface area contributed by atoms with Crippen molar-refractivity contribution >= 4 is 6.29 Å². The number of ether oxygens (including phenoxy) is 1. The van der Waals surface area contributed by atoms with Crippen LogP contribution in [-0.4, -0.2) is 35.3 Å². The fourth-order valence-corrected chi connectivity index (χ4v) is 0.681. The molecular weight excluding hydrogens is 136 g/mol. The number of carbonyl (C=O) groups is 1. The van der Waals surface area contributed by atoms with Gasteiger partial charge in [0, 0.05) is 0 Å². The molecule has 0 aromatic carbocycles. The van der Waals surface area contributed by atoms with Gasteiger partial charge in [0.15, 0.2) is 12.0 Å². The zero-order chi connectivity index (χ0) is 7.56. The van der Waals surface area contributed by atoms with Crippen molar-refractivity contribution in [2.24, 2.45) is 0 Å². The maximum Gasteiger partial charge on any atom is 0.184 e. The van der Waals surface area contributed by atoms with E-state index in [1.54, 1.807) is 0 Å². The SMILES string of the molecule is O=CC1=C[C@H](O)[C@H](O)CO1. The van der Waals surface area contributed by atoms with Crippen LogP contribution in [0.1, 0.15) is 0 Å². The average Bonchev–Trinajstić information content (AvgIpc) is 1.95. The van der Waals surface area contributed by atoms with E-state index >= 15 is 0 Å². The highest BCUT2D eigenvalue weighted by molar-refractivity contribution is 5.70. The predicted octanol–water partition coefficient (Wildman–Crippen LogP) is -1.18. The van der Waals surface area contributed by atoms with E-state index < -0.39 is 12.2 Å². The molecule has 56 valence electrons. The molecule has 4 nitrogen and oxygen atoms in total. The van der Waals surface area contributed by atoms with Crippen LogP contribution in [0, 0.1) is 0 Å². The number of aldehydes is 1. The molecule has 4 heteroatoms. The largest absolute Gasteiger partial charge is 0.488 e. The van der Waals surface area contributed by atoms with Crippen molar-refractivity contribution < 1.29 is 19.7 Å². The highest BCUT2D eigenvalue weighted by Crippen LogP contribution is 2.08. The maximum absolute atomic E-state index is 10.0. The predicted molar refractivity (Wildman–Crippen MR) is 32.1 cm³/mol. The molecule has 0 spiro atoms. The zero-order valence-corrected chi connectivity index (χ0v) is 5.23. The molecule has 0 amide bonds. The van der Waals surface area contributed by atoms with Gasteiger partial charge in [-0.25, -0.2) is 0 Å². The molecule has 1 heterocycles. The van der Waals surface area contributed by atoms with Gasteiger partial charge in [-0.05, 0) is 6.08 Å². The van der Waals surface area contributed by atoms with Crippen LogP contribution in [0.4, 0.5) is 0 Å². The second kappa shape index (κ2) is 2.81. The summed E-state index contributed by atoms with van der Waals surface area (Å²) < 4.78 is 4.69. The Morgan fingerprint density at radius 3 is 2.90 bits per heavy atom. The van der Waals surface area contributed by atoms with Crippen LogP contribution in [0.5, 0.6) is 0 Å². The number of rotatable bonds is 1. The molecule has 0 saturated heterocycles. The Morgan fingerprint density at radius 1 is 1.70 bits per heavy atom. The van der Waals surface area contributed by atoms with E-state index in [4.69, 9.17) is 14.9 Å². The van der Waals surface area contributed by atoms with Crippen molar-refractivity contribution in [3.8, 4) is 0 Å². The topological polar surface area (TPSA) is 66.8 Å². The number of aliphatic hydroxyl groups excluding tert-OH is 2. The van der Waals surface area contributed by atoms with Crippen molar-refractivity contribution in [1.29, 1.82) is 0 Å². The third-order valence-corrected chi connectivity index (χ3v) is 1.27. The standard InChI is InChI=1S/C6H8O4/c7-2-4-1-5(8)6(9)3-10-4/h1-2,5-6,8-9H,3H2/t5-,6+/m0/s1. The van der Waals surface area contributed by atoms with Gasteiger partial charge < -0.3 is 14.9 Å². The van der Waals surface area contributed by atoms with Gasteiger partial charge in [-0.3, -0.25) is 4.79 Å². The van der Waals surface area contributed by atoms with Crippen LogP contribution >= 0.6 is 0 Å². The Kier molecular flexibility index (Phi) is 2.03. The Balaban J connectivity index is 2.65. The van der Waals surface area contributed by atoms with Crippen molar-refractivity contribution in [2.75, 3.05) is 6.61 Å². The Hall–Kier alpha value is -0.870. The quantitative estimate of drug-likeness (QED) is 0.455. The number of hydrogen-bond donors (Lipinski definition) is 2. The van der Waals surface area contributed by atoms with Gasteiger partial charge in [-0.2, -0.15) is 0 Å². The second-order valence-electron chi connectivity index (χ2n) is 2.06. The lowest BCUT2D eigenvalue weighted by Gasteiger charge is -2.20. The van der Waals surface area contributed by atoms with Crippen LogP contribution in [0.3, 0.4) is 0 Å². The highest BCUT2D eigenvalue weighted by Gasteiger charge is 2.20. The molecule has 0 aliphatic carbocycles. The first-order chi connectivity index (χ1) is 4.74. The molecule has 2 atom stereocenters. The van der Waals surface area contributed by atoms with E-state index in [2.05, 4.69) is 0 Å². The molecule has 1 aliphatic rings. The molecule has 1 rings (SSSR count). The van der Waals surface area contributed by atoms with Gasteiger partial charge in [-0.15, -0.1) is 0 Å². The molecule has 1 aliphatic heterocycles. The average molecular weight is 144 g/mol. The number of allylic oxidation sites excluding steroid dienone is 1. The summed E-state index contributed by atoms with van der Waals surface area (Å²) in [6.07, 6.45) is -0.214. The van der Waals surface area contributed by atoms with Crippen molar-refractivity contribution in [3.05, 3.63) is 11.8 Å². The Bertz CT molecular complexity index is 163. The number of carbonyl (C=O) groups excluding carboxylic acids is 1. The van der Waals surface area contributed by atoms with Gasteiger partial charge in [0.1, 0.15) is 18.8 Å². The molecule has 0 radical (unpaired) electrons. The first-order valence-corrected chi connectivity index (χ1v) is 2.90. The Labute approximate surface area is 57.7 Å². The monoisotopic (exact) mass is 144 g/mol. The number of aliphatic hydroxyl groups is 2. The summed E-state index contributed by atoms with van der Waals surface area (Å²) in [6, 6.07) is 0. The van der Waals surface area contributed by atoms with E-state index in [1.807, 2.05) is 0 Å². The first kappa shape index (κ1) is 7.24. The summed E-state index contributed by atoms with van der Waals surface area (Å²) in [5.74, 6) is 0.0813. The molecule has 2 N–H and O–H groups in total. The minimum absolute atomic E-state index is 0.0221. The molecule has 0 saturated carbocycles. The van der Waals surface area contributed by atoms with E-state index in [1.165, 1.54) is 6.08 Å². The molecule has 0 fully saturated rings. The summed E-state index contributed by atoms with van der Waals surface area (Å²) in [7, 11) is 0. The fraction of sp³-hybridized carbons (Fsp3) is 0.500. The molecule has 0 aromatic rings. The van der Waals surface area contributed by atoms with E-state index in [-0.39, 0.29) is 12.4 Å². The lowest BCUT2D eigenvalue weighted by molar-refractivity contribution is -0.110. The summed E-state index contributed by atoms with van der Waals surface area (Å²) in [6.45, 7) is -0.0221. The maximum atomic E-state index is 10.0. The van der Waals surface area contributed by atoms with Gasteiger partial charge in [0.2, 0.25) is 0 Å². The Morgan fingerprint density at radius 2 is 2.40 bits per heavy atom. The van der Waals surface area contributed by atoms with Crippen molar-refractivity contribution in [3.63, 3.8) is 0 Å². The first-order valence-electron chi connectivity index (χ1n) is 2.90. The summed E-state index contributed by atoms with van der Waals surface area (Å²) in [4.78, 5) is 10.0. The van der Waals surface area contributed by atoms with Crippen LogP contribution in [0.2, 0.25) is 0 Å². The smallest absolute Gasteiger partial charge is 0.184 e. The minimum atomic E-state index is -0.978. The lowest BCUT2D eigenvalue weighted by Crippen LogP contribution is -2.33. The normalized spacial score (nSPS) is 32.4. The van der Waals surface area contributed by atoms with Crippen molar-refractivity contribution in [2.45, 2.75) is 12.2 Å². The molecule has 10 heavy (non-hydrogen) atoms. The molecule has 0 bridgehead atoms. The third kappa shape index (κ3) is 1.34. The third-order valence-electron chi connectivity index (χ3n) is 1.27. The van der Waals surface area contributed by atoms with E-state index in [0.717, 1.165) is 0 Å². The minimum Gasteiger partial charge on any atom is -0.488 e. The highest BCUT2D eigenvalue weighted by atomic mass is 16.5. The summed E-state index contributed by atoms with van der Waals surface area (Å²) >= 11 is 0. The summed E-state index contributed by atoms with van der Waals surface area (Å²) in [5, 5.41) is 17.8. The van der Waals surface area contributed by atoms with Crippen LogP contribution in [0.15, 0.2) is 11.8 Å². The van der Waals surface area contributed by atoms with Crippen LogP contribution < -0.4 is 0 Å². The van der Waals surface area contributed by atoms with Crippen LogP contribution in [0.25, 0.3) is 0 Å². The molecular formula is C6H8O4. The fourth-order valence-electron chi connectivity index (χ4n) is 0.681. The molecule has 0 aromatic heterocycles. The summed E-state index contributed by atoms with van der Waals surface area (Å²) in [5.41, 5.74) is 0. The number of hydrogen-bond acceptors (Lipinski definition) is 4. The van der Waals surface area contributed by atoms with Gasteiger partial charge >= 0.3 is 0 Å². The lowest BCUT2D eigenvalue weighted by atomic mass is 10.1.